The van der Waals surface area contributed by atoms with E-state index in [0.29, 0.717) is 32.0 Å². The molecule has 1 aromatic rings. The van der Waals surface area contributed by atoms with Gasteiger partial charge in [-0.15, -0.1) is 6.58 Å². The topological polar surface area (TPSA) is 52.7 Å². The number of rotatable bonds is 8. The Bertz CT molecular complexity index is 1270. The molecule has 0 radical (unpaired) electrons. The molecule has 0 aromatic heterocycles. The van der Waals surface area contributed by atoms with Gasteiger partial charge in [-0.1, -0.05) is 51.1 Å². The average molecular weight is 670 g/mol. The maximum atomic E-state index is 15.7. The molecule has 1 aliphatic heterocycles. The van der Waals surface area contributed by atoms with Crippen LogP contribution in [0.25, 0.3) is 0 Å². The van der Waals surface area contributed by atoms with Crippen molar-refractivity contribution in [1.82, 2.24) is 10.2 Å². The molecule has 262 valence electrons. The maximum Gasteiger partial charge on any atom is 0.416 e. The Balaban J connectivity index is 0.00000119. The summed E-state index contributed by atoms with van der Waals surface area (Å²) in [5.74, 6) is -4.37. The van der Waals surface area contributed by atoms with Crippen LogP contribution < -0.4 is 10.2 Å². The summed E-state index contributed by atoms with van der Waals surface area (Å²) < 4.78 is 84.6. The first-order valence-corrected chi connectivity index (χ1v) is 16.4. The number of allylic oxidation sites excluding steroid dienone is 4. The second kappa shape index (κ2) is 18.2. The van der Waals surface area contributed by atoms with Gasteiger partial charge < -0.3 is 10.2 Å². The molecule has 2 saturated carbocycles. The van der Waals surface area contributed by atoms with Gasteiger partial charge in [0.1, 0.15) is 11.9 Å². The lowest BCUT2D eigenvalue weighted by molar-refractivity contribution is -0.123. The number of alkyl halides is 5. The number of hydrogen-bond donors (Lipinski definition) is 1. The van der Waals surface area contributed by atoms with Crippen LogP contribution in [-0.2, 0) is 4.79 Å². The van der Waals surface area contributed by atoms with Crippen molar-refractivity contribution in [2.75, 3.05) is 18.0 Å². The third-order valence-corrected chi connectivity index (χ3v) is 7.94. The number of likely N-dealkylation sites (tertiary alicyclic amines) is 1. The molecule has 1 heterocycles. The second-order valence-corrected chi connectivity index (χ2v) is 12.1. The monoisotopic (exact) mass is 669 g/mol. The summed E-state index contributed by atoms with van der Waals surface area (Å²) in [7, 11) is 0. The van der Waals surface area contributed by atoms with Crippen LogP contribution in [0.5, 0.6) is 0 Å². The number of carbonyl (C=O) groups excluding carboxylic acids is 2. The van der Waals surface area contributed by atoms with E-state index in [1.807, 2.05) is 6.92 Å². The lowest BCUT2D eigenvalue weighted by Crippen LogP contribution is -2.56. The number of nitrogens with one attached hydrogen (secondary N) is 1. The summed E-state index contributed by atoms with van der Waals surface area (Å²) in [6.45, 7) is 15.0. The third-order valence-electron chi connectivity index (χ3n) is 7.94. The van der Waals surface area contributed by atoms with Crippen molar-refractivity contribution in [2.24, 2.45) is 0 Å². The minimum atomic E-state index is -4.78. The maximum absolute atomic E-state index is 15.7. The Morgan fingerprint density at radius 1 is 1.06 bits per heavy atom. The van der Waals surface area contributed by atoms with E-state index in [2.05, 4.69) is 32.3 Å². The first-order valence-electron chi connectivity index (χ1n) is 16.4. The lowest BCUT2D eigenvalue weighted by atomic mass is 9.91. The van der Waals surface area contributed by atoms with Gasteiger partial charge >= 0.3 is 12.2 Å². The summed E-state index contributed by atoms with van der Waals surface area (Å²) in [5.41, 5.74) is -0.895. The molecule has 11 heteroatoms. The molecule has 1 aromatic carbocycles. The highest BCUT2D eigenvalue weighted by Crippen LogP contribution is 2.42. The van der Waals surface area contributed by atoms with Crippen LogP contribution in [0.2, 0.25) is 0 Å². The van der Waals surface area contributed by atoms with E-state index in [9.17, 15) is 31.5 Å². The van der Waals surface area contributed by atoms with Gasteiger partial charge in [0, 0.05) is 32.0 Å². The summed E-state index contributed by atoms with van der Waals surface area (Å²) >= 11 is 0. The number of anilines is 1. The molecule has 1 N–H and O–H groups in total. The summed E-state index contributed by atoms with van der Waals surface area (Å²) in [4.78, 5) is 30.2. The number of hydrogen-bond acceptors (Lipinski definition) is 2. The van der Waals surface area contributed by atoms with Crippen LogP contribution >= 0.6 is 0 Å². The van der Waals surface area contributed by atoms with Crippen molar-refractivity contribution in [3.05, 3.63) is 78.2 Å². The molecule has 3 aliphatic rings. The minimum absolute atomic E-state index is 0.0498. The SMILES string of the molecule is C=C/C(=C\C(=C/C)C(F)(F)F)C(C(=O)NC1CCC(F)(F)CC1)N(C(=O)N1CCCC1)c1ccc(C2CC2)cc1F.C=CC.CCC. The van der Waals surface area contributed by atoms with Gasteiger partial charge in [0.05, 0.1) is 11.3 Å². The van der Waals surface area contributed by atoms with Crippen LogP contribution in [0.3, 0.4) is 0 Å². The normalized spacial score (nSPS) is 19.0. The van der Waals surface area contributed by atoms with Crippen LogP contribution in [0.4, 0.5) is 36.8 Å². The molecule has 3 amide bonds. The predicted molar refractivity (Wildman–Crippen MR) is 176 cm³/mol. The van der Waals surface area contributed by atoms with Gasteiger partial charge in [0.25, 0.3) is 0 Å². The molecule has 3 fully saturated rings. The van der Waals surface area contributed by atoms with Crippen molar-refractivity contribution < 1.29 is 35.9 Å². The van der Waals surface area contributed by atoms with Gasteiger partial charge in [-0.2, -0.15) is 13.2 Å². The van der Waals surface area contributed by atoms with Gasteiger partial charge in [-0.3, -0.25) is 9.69 Å². The first kappa shape index (κ1) is 39.7. The van der Waals surface area contributed by atoms with E-state index in [1.54, 1.807) is 12.1 Å². The van der Waals surface area contributed by atoms with Crippen molar-refractivity contribution in [1.29, 1.82) is 0 Å². The van der Waals surface area contributed by atoms with Gasteiger partial charge in [0.15, 0.2) is 0 Å². The fourth-order valence-corrected chi connectivity index (χ4v) is 5.44. The van der Waals surface area contributed by atoms with Crippen molar-refractivity contribution >= 4 is 17.6 Å². The summed E-state index contributed by atoms with van der Waals surface area (Å²) in [6, 6.07) is 1.15. The van der Waals surface area contributed by atoms with E-state index in [0.717, 1.165) is 35.5 Å². The van der Waals surface area contributed by atoms with E-state index in [4.69, 9.17) is 0 Å². The highest BCUT2D eigenvalue weighted by Gasteiger charge is 2.42. The number of benzene rings is 1. The van der Waals surface area contributed by atoms with Crippen LogP contribution in [-0.4, -0.2) is 54.1 Å². The number of nitrogens with zero attached hydrogens (tertiary/aromatic N) is 2. The standard InChI is InChI=1S/C30H35F6N3O2.C3H8.C3H6/c1-3-19(17-22(4-2)30(34,35)36)26(27(40)37-23-11-13-29(32,33)14-12-23)39(28(41)38-15-5-6-16-38)25-10-9-21(18-24(25)31)20-7-8-20;2*1-3-2/h3-4,9-10,17-18,20,23,26H,1,5-8,11-16H2,2H3,(H,37,40);3H2,1-2H3;3H,1H2,2H3/b19-17+,22-4+;;. The Kier molecular flexibility index (Phi) is 15.3. The molecular weight excluding hydrogens is 620 g/mol. The molecule has 5 nitrogen and oxygen atoms in total. The van der Waals surface area contributed by atoms with Crippen molar-refractivity contribution in [2.45, 2.75) is 116 Å². The Labute approximate surface area is 275 Å². The van der Waals surface area contributed by atoms with Crippen LogP contribution in [0.1, 0.15) is 97.0 Å². The Hall–Kier alpha value is -3.50. The zero-order valence-corrected chi connectivity index (χ0v) is 27.9. The van der Waals surface area contributed by atoms with Crippen molar-refractivity contribution in [3.63, 3.8) is 0 Å². The Morgan fingerprint density at radius 2 is 1.62 bits per heavy atom. The first-order chi connectivity index (χ1) is 22.2. The molecule has 0 spiro atoms. The molecule has 1 unspecified atom stereocenters. The molecule has 1 saturated heterocycles. The van der Waals surface area contributed by atoms with E-state index < -0.39 is 60.4 Å². The number of halogens is 6. The van der Waals surface area contributed by atoms with Crippen LogP contribution in [0.15, 0.2) is 66.8 Å². The van der Waals surface area contributed by atoms with Gasteiger partial charge in [-0.25, -0.2) is 18.0 Å². The molecular formula is C36H49F6N3O2. The van der Waals surface area contributed by atoms with Gasteiger partial charge in [-0.05, 0) is 87.6 Å². The fourth-order valence-electron chi connectivity index (χ4n) is 5.44. The summed E-state index contributed by atoms with van der Waals surface area (Å²) in [6.07, 6.45) is 2.92. The van der Waals surface area contributed by atoms with E-state index in [1.165, 1.54) is 30.4 Å². The minimum Gasteiger partial charge on any atom is -0.351 e. The van der Waals surface area contributed by atoms with E-state index >= 15 is 4.39 Å². The molecule has 0 bridgehead atoms. The fraction of sp³-hybridized carbons (Fsp3) is 0.556. The zero-order valence-electron chi connectivity index (χ0n) is 27.9. The predicted octanol–water partition coefficient (Wildman–Crippen LogP) is 10.0. The zero-order chi connectivity index (χ0) is 35.4. The van der Waals surface area contributed by atoms with E-state index in [-0.39, 0.29) is 30.0 Å². The van der Waals surface area contributed by atoms with Gasteiger partial charge in [0.2, 0.25) is 11.8 Å². The third kappa shape index (κ3) is 11.6. The lowest BCUT2D eigenvalue weighted by Gasteiger charge is -2.37. The molecule has 1 atom stereocenters. The molecule has 4 rings (SSSR count). The quantitative estimate of drug-likeness (QED) is 0.170. The number of carbonyl (C=O) groups is 2. The Morgan fingerprint density at radius 3 is 2.06 bits per heavy atom. The highest BCUT2D eigenvalue weighted by atomic mass is 19.4. The second-order valence-electron chi connectivity index (χ2n) is 12.1. The molecule has 47 heavy (non-hydrogen) atoms. The largest absolute Gasteiger partial charge is 0.416 e. The number of amides is 3. The van der Waals surface area contributed by atoms with Crippen LogP contribution in [0, 0.1) is 5.82 Å². The van der Waals surface area contributed by atoms with Crippen molar-refractivity contribution in [3.8, 4) is 0 Å². The average Bonchev–Trinajstić information content (AvgIpc) is 3.71. The highest BCUT2D eigenvalue weighted by molar-refractivity contribution is 6.02. The number of urea groups is 1. The smallest absolute Gasteiger partial charge is 0.351 e. The molecule has 2 aliphatic carbocycles. The summed E-state index contributed by atoms with van der Waals surface area (Å²) in [5, 5.41) is 2.66.